The van der Waals surface area contributed by atoms with Gasteiger partial charge in [0, 0.05) is 22.0 Å². The number of aryl methyl sites for hydroxylation is 2. The highest BCUT2D eigenvalue weighted by Gasteiger charge is 2.66. The molecule has 1 unspecified atom stereocenters. The Kier molecular flexibility index (Phi) is 4.72. The quantitative estimate of drug-likeness (QED) is 0.383. The predicted octanol–water partition coefficient (Wildman–Crippen LogP) is 5.18. The summed E-state index contributed by atoms with van der Waals surface area (Å²) in [5, 5.41) is 0.923. The first kappa shape index (κ1) is 22.0. The first-order valence-corrected chi connectivity index (χ1v) is 12.5. The second-order valence-corrected chi connectivity index (χ2v) is 10.4. The average molecular weight is 506 g/mol. The number of aromatic nitrogens is 1. The lowest BCUT2D eigenvalue weighted by atomic mass is 9.84. The molecule has 176 valence electrons. The average Bonchev–Trinajstić information content (AvgIpc) is 3.39. The molecule has 4 aromatic rings. The first-order chi connectivity index (χ1) is 16.8. The van der Waals surface area contributed by atoms with E-state index in [4.69, 9.17) is 16.0 Å². The topological polar surface area (TPSA) is 83.7 Å². The van der Waals surface area contributed by atoms with E-state index in [2.05, 4.69) is 4.98 Å². The lowest BCUT2D eigenvalue weighted by Gasteiger charge is -2.32. The molecule has 0 saturated carbocycles. The molecule has 2 aromatic heterocycles. The van der Waals surface area contributed by atoms with Crippen LogP contribution in [0.4, 0.5) is 10.8 Å². The monoisotopic (exact) mass is 505 g/mol. The van der Waals surface area contributed by atoms with Crippen LogP contribution in [0.2, 0.25) is 5.02 Å². The Bertz CT molecular complexity index is 1620. The Morgan fingerprint density at radius 3 is 2.60 bits per heavy atom. The van der Waals surface area contributed by atoms with Gasteiger partial charge < -0.3 is 9.32 Å². The van der Waals surface area contributed by atoms with E-state index in [1.807, 2.05) is 39.0 Å². The van der Waals surface area contributed by atoms with E-state index in [1.54, 1.807) is 23.1 Å². The molecule has 0 N–H and O–H groups in total. The zero-order chi connectivity index (χ0) is 24.6. The molecule has 35 heavy (non-hydrogen) atoms. The molecule has 2 aliphatic heterocycles. The summed E-state index contributed by atoms with van der Waals surface area (Å²) in [6.07, 6.45) is 0.703. The third-order valence-electron chi connectivity index (χ3n) is 6.74. The third-order valence-corrected chi connectivity index (χ3v) is 8.04. The van der Waals surface area contributed by atoms with Crippen molar-refractivity contribution < 1.29 is 14.0 Å². The Balaban J connectivity index is 1.78. The van der Waals surface area contributed by atoms with E-state index < -0.39 is 16.9 Å². The molecule has 0 radical (unpaired) electrons. The zero-order valence-electron chi connectivity index (χ0n) is 19.2. The van der Waals surface area contributed by atoms with Crippen molar-refractivity contribution >= 4 is 56.5 Å². The summed E-state index contributed by atoms with van der Waals surface area (Å²) in [6, 6.07) is 12.0. The molecule has 0 fully saturated rings. The molecule has 0 aliphatic carbocycles. The highest BCUT2D eigenvalue weighted by Crippen LogP contribution is 2.54. The fraction of sp³-hybridized carbons (Fsp3) is 0.231. The van der Waals surface area contributed by atoms with Crippen molar-refractivity contribution in [3.63, 3.8) is 0 Å². The van der Waals surface area contributed by atoms with Crippen LogP contribution < -0.4 is 15.2 Å². The minimum Gasteiger partial charge on any atom is -0.450 e. The third kappa shape index (κ3) is 2.72. The molecule has 6 rings (SSSR count). The summed E-state index contributed by atoms with van der Waals surface area (Å²) in [6.45, 7) is 6.17. The summed E-state index contributed by atoms with van der Waals surface area (Å²) < 4.78 is 6.04. The second kappa shape index (κ2) is 7.50. The van der Waals surface area contributed by atoms with Crippen molar-refractivity contribution in [3.05, 3.63) is 85.2 Å². The highest BCUT2D eigenvalue weighted by atomic mass is 35.5. The molecule has 1 spiro atoms. The van der Waals surface area contributed by atoms with Crippen LogP contribution in [0.5, 0.6) is 0 Å². The van der Waals surface area contributed by atoms with Crippen molar-refractivity contribution in [2.45, 2.75) is 32.7 Å². The number of halogens is 1. The number of para-hydroxylation sites is 1. The zero-order valence-corrected chi connectivity index (χ0v) is 20.8. The van der Waals surface area contributed by atoms with Gasteiger partial charge in [-0.25, -0.2) is 4.98 Å². The lowest BCUT2D eigenvalue weighted by molar-refractivity contribution is -0.121. The maximum Gasteiger partial charge on any atom is 0.297 e. The van der Waals surface area contributed by atoms with Crippen molar-refractivity contribution in [2.75, 3.05) is 16.3 Å². The molecule has 2 aromatic carbocycles. The summed E-state index contributed by atoms with van der Waals surface area (Å²) in [7, 11) is 0. The van der Waals surface area contributed by atoms with E-state index in [-0.39, 0.29) is 28.2 Å². The van der Waals surface area contributed by atoms with Gasteiger partial charge in [0.2, 0.25) is 5.76 Å². The van der Waals surface area contributed by atoms with Crippen molar-refractivity contribution in [3.8, 4) is 0 Å². The molecular formula is C26H20ClN3O4S. The van der Waals surface area contributed by atoms with Gasteiger partial charge in [0.1, 0.15) is 5.58 Å². The molecule has 2 aliphatic rings. The van der Waals surface area contributed by atoms with E-state index >= 15 is 0 Å². The SMILES string of the molecule is CCCN1C(=O)C2(c3ccccc31)c1c(oc3ccc(Cl)cc3c1=O)C(=O)N2c1nc(C)c(C)s1. The van der Waals surface area contributed by atoms with Gasteiger partial charge >= 0.3 is 0 Å². The van der Waals surface area contributed by atoms with Crippen LogP contribution >= 0.6 is 22.9 Å². The van der Waals surface area contributed by atoms with Gasteiger partial charge in [-0.1, -0.05) is 36.7 Å². The van der Waals surface area contributed by atoms with Gasteiger partial charge in [-0.2, -0.15) is 0 Å². The molecule has 2 amide bonds. The van der Waals surface area contributed by atoms with Crippen LogP contribution in [0, 0.1) is 13.8 Å². The number of thiazole rings is 1. The summed E-state index contributed by atoms with van der Waals surface area (Å²) in [5.41, 5.74) is 0.0603. The number of carbonyl (C=O) groups is 2. The van der Waals surface area contributed by atoms with Crippen LogP contribution in [0.25, 0.3) is 11.0 Å². The van der Waals surface area contributed by atoms with Crippen LogP contribution in [-0.2, 0) is 10.3 Å². The number of benzene rings is 2. The highest BCUT2D eigenvalue weighted by molar-refractivity contribution is 7.16. The number of hydrogen-bond acceptors (Lipinski definition) is 6. The van der Waals surface area contributed by atoms with Gasteiger partial charge in [-0.05, 0) is 44.5 Å². The molecule has 0 saturated heterocycles. The van der Waals surface area contributed by atoms with Crippen molar-refractivity contribution in [2.24, 2.45) is 0 Å². The largest absolute Gasteiger partial charge is 0.450 e. The number of hydrogen-bond donors (Lipinski definition) is 0. The number of anilines is 2. The maximum atomic E-state index is 14.4. The number of rotatable bonds is 3. The molecule has 7 nitrogen and oxygen atoms in total. The molecule has 9 heteroatoms. The smallest absolute Gasteiger partial charge is 0.297 e. The molecule has 0 bridgehead atoms. The van der Waals surface area contributed by atoms with E-state index in [0.29, 0.717) is 34.4 Å². The van der Waals surface area contributed by atoms with Gasteiger partial charge in [-0.15, -0.1) is 11.3 Å². The summed E-state index contributed by atoms with van der Waals surface area (Å²) in [4.78, 5) is 51.1. The molecule has 4 heterocycles. The number of carbonyl (C=O) groups excluding carboxylic acids is 2. The van der Waals surface area contributed by atoms with E-state index in [9.17, 15) is 14.4 Å². The minimum atomic E-state index is -1.72. The normalized spacial score (nSPS) is 18.7. The van der Waals surface area contributed by atoms with Gasteiger partial charge in [-0.3, -0.25) is 19.3 Å². The van der Waals surface area contributed by atoms with E-state index in [0.717, 1.165) is 10.6 Å². The van der Waals surface area contributed by atoms with Crippen LogP contribution in [0.1, 0.15) is 45.6 Å². The van der Waals surface area contributed by atoms with Crippen molar-refractivity contribution in [1.82, 2.24) is 4.98 Å². The second-order valence-electron chi connectivity index (χ2n) is 8.74. The number of nitrogens with zero attached hydrogens (tertiary/aromatic N) is 3. The van der Waals surface area contributed by atoms with Gasteiger partial charge in [0.05, 0.1) is 22.3 Å². The Hall–Kier alpha value is -3.49. The minimum absolute atomic E-state index is 0.0128. The Labute approximate surface area is 209 Å². The molecular weight excluding hydrogens is 486 g/mol. The van der Waals surface area contributed by atoms with Gasteiger partial charge in [0.25, 0.3) is 11.8 Å². The Morgan fingerprint density at radius 1 is 1.11 bits per heavy atom. The summed E-state index contributed by atoms with van der Waals surface area (Å²) >= 11 is 7.51. The predicted molar refractivity (Wildman–Crippen MR) is 136 cm³/mol. The lowest BCUT2D eigenvalue weighted by Crippen LogP contribution is -2.53. The summed E-state index contributed by atoms with van der Waals surface area (Å²) in [5.74, 6) is -1.08. The number of amides is 2. The first-order valence-electron chi connectivity index (χ1n) is 11.3. The van der Waals surface area contributed by atoms with Gasteiger partial charge in [0.15, 0.2) is 16.1 Å². The Morgan fingerprint density at radius 2 is 1.89 bits per heavy atom. The van der Waals surface area contributed by atoms with Crippen LogP contribution in [0.3, 0.4) is 0 Å². The standard InChI is InChI=1S/C26H20ClN3O4S/c1-4-11-29-18-8-6-5-7-17(18)26(24(29)33)20-21(31)16-12-15(27)9-10-19(16)34-22(20)23(32)30(26)25-28-13(2)14(3)35-25/h5-10,12H,4,11H2,1-3H3. The fourth-order valence-corrected chi connectivity index (χ4v) is 6.27. The van der Waals surface area contributed by atoms with Crippen molar-refractivity contribution in [1.29, 1.82) is 0 Å². The van der Waals surface area contributed by atoms with Crippen LogP contribution in [-0.4, -0.2) is 23.3 Å². The fourth-order valence-electron chi connectivity index (χ4n) is 5.13. The molecule has 1 atom stereocenters. The number of fused-ring (bicyclic) bond motifs is 5. The maximum absolute atomic E-state index is 14.4. The van der Waals surface area contributed by atoms with Crippen LogP contribution in [0.15, 0.2) is 51.7 Å². The van der Waals surface area contributed by atoms with E-state index in [1.165, 1.54) is 22.3 Å².